The summed E-state index contributed by atoms with van der Waals surface area (Å²) in [6.07, 6.45) is 2.94. The van der Waals surface area contributed by atoms with Crippen molar-refractivity contribution in [2.75, 3.05) is 19.8 Å². The zero-order chi connectivity index (χ0) is 14.2. The molecule has 0 radical (unpaired) electrons. The number of fused-ring (bicyclic) bond motifs is 1. The Bertz CT molecular complexity index is 599. The van der Waals surface area contributed by atoms with Gasteiger partial charge in [0.05, 0.1) is 4.90 Å². The molecule has 110 valence electrons. The molecule has 0 aromatic heterocycles. The van der Waals surface area contributed by atoms with Crippen molar-refractivity contribution >= 4 is 10.0 Å². The van der Waals surface area contributed by atoms with Crippen LogP contribution in [-0.4, -0.2) is 38.5 Å². The van der Waals surface area contributed by atoms with Crippen LogP contribution < -0.4 is 9.47 Å². The Morgan fingerprint density at radius 3 is 2.65 bits per heavy atom. The molecule has 0 spiro atoms. The molecule has 2 aliphatic heterocycles. The molecule has 1 unspecified atom stereocenters. The molecule has 1 aromatic rings. The molecule has 5 nitrogen and oxygen atoms in total. The summed E-state index contributed by atoms with van der Waals surface area (Å²) in [6.45, 7) is 3.52. The first-order valence-electron chi connectivity index (χ1n) is 7.00. The third-order valence-electron chi connectivity index (χ3n) is 3.86. The first-order chi connectivity index (χ1) is 9.59. The van der Waals surface area contributed by atoms with Gasteiger partial charge in [-0.1, -0.05) is 6.42 Å². The van der Waals surface area contributed by atoms with Gasteiger partial charge in [0.1, 0.15) is 13.2 Å². The molecule has 1 aromatic carbocycles. The second-order valence-corrected chi connectivity index (χ2v) is 7.16. The van der Waals surface area contributed by atoms with Crippen LogP contribution in [0.1, 0.15) is 26.2 Å². The van der Waals surface area contributed by atoms with Gasteiger partial charge in [0.15, 0.2) is 11.5 Å². The maximum absolute atomic E-state index is 12.7. The molecule has 0 aliphatic carbocycles. The summed E-state index contributed by atoms with van der Waals surface area (Å²) < 4.78 is 37.9. The Morgan fingerprint density at radius 2 is 1.90 bits per heavy atom. The highest BCUT2D eigenvalue weighted by Gasteiger charge is 2.31. The molecule has 0 amide bonds. The predicted molar refractivity (Wildman–Crippen MR) is 74.6 cm³/mol. The lowest BCUT2D eigenvalue weighted by Gasteiger charge is -2.32. The number of hydrogen-bond acceptors (Lipinski definition) is 4. The monoisotopic (exact) mass is 297 g/mol. The van der Waals surface area contributed by atoms with E-state index >= 15 is 0 Å². The van der Waals surface area contributed by atoms with E-state index < -0.39 is 10.0 Å². The Morgan fingerprint density at radius 1 is 1.15 bits per heavy atom. The van der Waals surface area contributed by atoms with Crippen LogP contribution in [0.4, 0.5) is 0 Å². The fraction of sp³-hybridized carbons (Fsp3) is 0.571. The number of piperidine rings is 1. The Labute approximate surface area is 119 Å². The normalized spacial score (nSPS) is 23.6. The van der Waals surface area contributed by atoms with Crippen LogP contribution in [0.15, 0.2) is 23.1 Å². The minimum absolute atomic E-state index is 0.0574. The van der Waals surface area contributed by atoms with Gasteiger partial charge in [-0.25, -0.2) is 8.42 Å². The topological polar surface area (TPSA) is 55.8 Å². The van der Waals surface area contributed by atoms with Crippen molar-refractivity contribution in [3.63, 3.8) is 0 Å². The lowest BCUT2D eigenvalue weighted by atomic mass is 10.1. The zero-order valence-electron chi connectivity index (χ0n) is 11.5. The Kier molecular flexibility index (Phi) is 3.60. The summed E-state index contributed by atoms with van der Waals surface area (Å²) in [5.41, 5.74) is 0. The van der Waals surface area contributed by atoms with Gasteiger partial charge in [0.2, 0.25) is 10.0 Å². The van der Waals surface area contributed by atoms with E-state index in [0.717, 1.165) is 19.3 Å². The van der Waals surface area contributed by atoms with Crippen LogP contribution in [0.2, 0.25) is 0 Å². The van der Waals surface area contributed by atoms with Gasteiger partial charge in [-0.3, -0.25) is 0 Å². The number of benzene rings is 1. The van der Waals surface area contributed by atoms with Crippen molar-refractivity contribution in [1.29, 1.82) is 0 Å². The molecule has 0 saturated carbocycles. The van der Waals surface area contributed by atoms with E-state index in [4.69, 9.17) is 9.47 Å². The van der Waals surface area contributed by atoms with E-state index in [1.807, 2.05) is 6.92 Å². The molecule has 6 heteroatoms. The zero-order valence-corrected chi connectivity index (χ0v) is 12.4. The van der Waals surface area contributed by atoms with Crippen LogP contribution in [-0.2, 0) is 10.0 Å². The van der Waals surface area contributed by atoms with Crippen molar-refractivity contribution in [3.8, 4) is 11.5 Å². The second-order valence-electron chi connectivity index (χ2n) is 5.27. The number of rotatable bonds is 2. The molecule has 1 saturated heterocycles. The average Bonchev–Trinajstić information content (AvgIpc) is 2.47. The molecule has 3 rings (SSSR count). The van der Waals surface area contributed by atoms with Crippen molar-refractivity contribution in [1.82, 2.24) is 4.31 Å². The molecular formula is C14H19NO4S. The lowest BCUT2D eigenvalue weighted by Crippen LogP contribution is -2.41. The fourth-order valence-corrected chi connectivity index (χ4v) is 4.46. The third-order valence-corrected chi connectivity index (χ3v) is 5.87. The van der Waals surface area contributed by atoms with Crippen LogP contribution in [0, 0.1) is 0 Å². The Balaban J connectivity index is 1.94. The highest BCUT2D eigenvalue weighted by Crippen LogP contribution is 2.34. The quantitative estimate of drug-likeness (QED) is 0.838. The summed E-state index contributed by atoms with van der Waals surface area (Å²) in [5.74, 6) is 1.13. The molecule has 0 bridgehead atoms. The fourth-order valence-electron chi connectivity index (χ4n) is 2.75. The van der Waals surface area contributed by atoms with Gasteiger partial charge in [0.25, 0.3) is 0 Å². The van der Waals surface area contributed by atoms with Crippen molar-refractivity contribution in [2.24, 2.45) is 0 Å². The third kappa shape index (κ3) is 2.38. The highest BCUT2D eigenvalue weighted by molar-refractivity contribution is 7.89. The van der Waals surface area contributed by atoms with Crippen molar-refractivity contribution in [3.05, 3.63) is 18.2 Å². The van der Waals surface area contributed by atoms with Gasteiger partial charge in [-0.05, 0) is 31.9 Å². The van der Waals surface area contributed by atoms with Gasteiger partial charge < -0.3 is 9.47 Å². The van der Waals surface area contributed by atoms with Crippen molar-refractivity contribution in [2.45, 2.75) is 37.1 Å². The highest BCUT2D eigenvalue weighted by atomic mass is 32.2. The molecule has 2 heterocycles. The van der Waals surface area contributed by atoms with Crippen LogP contribution >= 0.6 is 0 Å². The molecular weight excluding hydrogens is 278 g/mol. The largest absolute Gasteiger partial charge is 0.486 e. The van der Waals surface area contributed by atoms with E-state index in [2.05, 4.69) is 0 Å². The smallest absolute Gasteiger partial charge is 0.243 e. The maximum atomic E-state index is 12.7. The number of nitrogens with zero attached hydrogens (tertiary/aromatic N) is 1. The van der Waals surface area contributed by atoms with E-state index in [0.29, 0.717) is 31.3 Å². The van der Waals surface area contributed by atoms with Crippen LogP contribution in [0.5, 0.6) is 11.5 Å². The SMILES string of the molecule is CC1CCCCN1S(=O)(=O)c1ccc2c(c1)OCCO2. The standard InChI is InChI=1S/C14H19NO4S/c1-11-4-2-3-7-15(11)20(16,17)12-5-6-13-14(10-12)19-9-8-18-13/h5-6,10-11H,2-4,7-9H2,1H3. The van der Waals surface area contributed by atoms with Crippen LogP contribution in [0.3, 0.4) is 0 Å². The summed E-state index contributed by atoms with van der Waals surface area (Å²) in [6, 6.07) is 4.91. The molecule has 1 fully saturated rings. The summed E-state index contributed by atoms with van der Waals surface area (Å²) in [4.78, 5) is 0.288. The second kappa shape index (κ2) is 5.26. The first kappa shape index (κ1) is 13.7. The van der Waals surface area contributed by atoms with E-state index in [-0.39, 0.29) is 10.9 Å². The maximum Gasteiger partial charge on any atom is 0.243 e. The summed E-state index contributed by atoms with van der Waals surface area (Å²) in [5, 5.41) is 0. The number of ether oxygens (including phenoxy) is 2. The van der Waals surface area contributed by atoms with E-state index in [1.165, 1.54) is 0 Å². The number of hydrogen-bond donors (Lipinski definition) is 0. The molecule has 1 atom stereocenters. The lowest BCUT2D eigenvalue weighted by molar-refractivity contribution is 0.171. The van der Waals surface area contributed by atoms with E-state index in [9.17, 15) is 8.42 Å². The molecule has 0 N–H and O–H groups in total. The van der Waals surface area contributed by atoms with Crippen LogP contribution in [0.25, 0.3) is 0 Å². The minimum Gasteiger partial charge on any atom is -0.486 e. The predicted octanol–water partition coefficient (Wildman–Crippen LogP) is 2.02. The number of sulfonamides is 1. The first-order valence-corrected chi connectivity index (χ1v) is 8.44. The minimum atomic E-state index is -3.45. The van der Waals surface area contributed by atoms with Gasteiger partial charge in [-0.15, -0.1) is 0 Å². The molecule has 20 heavy (non-hydrogen) atoms. The average molecular weight is 297 g/mol. The summed E-state index contributed by atoms with van der Waals surface area (Å²) in [7, 11) is -3.45. The molecule has 2 aliphatic rings. The van der Waals surface area contributed by atoms with Crippen molar-refractivity contribution < 1.29 is 17.9 Å². The summed E-state index contributed by atoms with van der Waals surface area (Å²) >= 11 is 0. The Hall–Kier alpha value is -1.27. The van der Waals surface area contributed by atoms with E-state index in [1.54, 1.807) is 22.5 Å². The van der Waals surface area contributed by atoms with Gasteiger partial charge in [0, 0.05) is 18.7 Å². The van der Waals surface area contributed by atoms with Gasteiger partial charge in [-0.2, -0.15) is 4.31 Å². The van der Waals surface area contributed by atoms with Gasteiger partial charge >= 0.3 is 0 Å².